The molecule has 2 aromatic heterocycles. The summed E-state index contributed by atoms with van der Waals surface area (Å²) in [5.41, 5.74) is 3.76. The van der Waals surface area contributed by atoms with E-state index < -0.39 is 0 Å². The molecule has 0 atom stereocenters. The molecule has 0 unspecified atom stereocenters. The van der Waals surface area contributed by atoms with E-state index in [1.165, 1.54) is 17.7 Å². The van der Waals surface area contributed by atoms with E-state index in [0.717, 1.165) is 5.69 Å². The summed E-state index contributed by atoms with van der Waals surface area (Å²) < 4.78 is 13.1. The molecule has 1 amide bonds. The smallest absolute Gasteiger partial charge is 0.255 e. The lowest BCUT2D eigenvalue weighted by molar-refractivity contribution is 0.102. The highest BCUT2D eigenvalue weighted by Gasteiger charge is 2.09. The highest BCUT2D eigenvalue weighted by Crippen LogP contribution is 2.20. The molecule has 0 fully saturated rings. The molecule has 0 radical (unpaired) electrons. The number of ether oxygens (including phenoxy) is 2. The minimum atomic E-state index is -0.228. The summed E-state index contributed by atoms with van der Waals surface area (Å²) in [6.45, 7) is 1.39. The van der Waals surface area contributed by atoms with Crippen molar-refractivity contribution in [1.82, 2.24) is 19.7 Å². The second-order valence-electron chi connectivity index (χ2n) is 6.29. The van der Waals surface area contributed by atoms with Gasteiger partial charge in [0.2, 0.25) is 0 Å². The van der Waals surface area contributed by atoms with Gasteiger partial charge in [0.1, 0.15) is 37.4 Å². The number of rotatable bonds is 9. The van der Waals surface area contributed by atoms with Gasteiger partial charge < -0.3 is 14.8 Å². The van der Waals surface area contributed by atoms with E-state index in [1.54, 1.807) is 40.8 Å². The SMILES string of the molecule is O=C(Nc1cccc(OCCn2cncn2)c1)c1cccc(OCc2cscn2)c1. The minimum absolute atomic E-state index is 0.228. The van der Waals surface area contributed by atoms with Crippen molar-refractivity contribution in [2.45, 2.75) is 13.2 Å². The maximum absolute atomic E-state index is 12.6. The lowest BCUT2D eigenvalue weighted by atomic mass is 10.2. The summed E-state index contributed by atoms with van der Waals surface area (Å²) in [7, 11) is 0. The molecule has 0 aliphatic heterocycles. The largest absolute Gasteiger partial charge is 0.492 e. The van der Waals surface area contributed by atoms with E-state index in [4.69, 9.17) is 9.47 Å². The Labute approximate surface area is 177 Å². The molecule has 30 heavy (non-hydrogen) atoms. The van der Waals surface area contributed by atoms with Crippen LogP contribution in [0.3, 0.4) is 0 Å². The van der Waals surface area contributed by atoms with Gasteiger partial charge in [0.15, 0.2) is 0 Å². The molecule has 2 heterocycles. The Bertz CT molecular complexity index is 1080. The summed E-state index contributed by atoms with van der Waals surface area (Å²) >= 11 is 1.52. The molecule has 4 rings (SSSR count). The predicted molar refractivity (Wildman–Crippen MR) is 113 cm³/mol. The molecule has 0 aliphatic carbocycles. The van der Waals surface area contributed by atoms with E-state index in [9.17, 15) is 4.79 Å². The van der Waals surface area contributed by atoms with Crippen LogP contribution in [0.4, 0.5) is 5.69 Å². The highest BCUT2D eigenvalue weighted by molar-refractivity contribution is 7.07. The first kappa shape index (κ1) is 19.6. The van der Waals surface area contributed by atoms with Gasteiger partial charge in [-0.15, -0.1) is 11.3 Å². The van der Waals surface area contributed by atoms with Crippen LogP contribution < -0.4 is 14.8 Å². The third-order valence-corrected chi connectivity index (χ3v) is 4.75. The number of hydrogen-bond acceptors (Lipinski definition) is 7. The van der Waals surface area contributed by atoms with E-state index in [2.05, 4.69) is 20.4 Å². The molecular weight excluding hydrogens is 402 g/mol. The molecule has 4 aromatic rings. The molecule has 1 N–H and O–H groups in total. The zero-order valence-corrected chi connectivity index (χ0v) is 16.8. The fourth-order valence-corrected chi connectivity index (χ4v) is 3.21. The van der Waals surface area contributed by atoms with Crippen LogP contribution in [0.25, 0.3) is 0 Å². The quantitative estimate of drug-likeness (QED) is 0.444. The number of carbonyl (C=O) groups excluding carboxylic acids is 1. The second kappa shape index (κ2) is 9.66. The number of amides is 1. The first-order valence-electron chi connectivity index (χ1n) is 9.23. The van der Waals surface area contributed by atoms with Crippen LogP contribution in [0.5, 0.6) is 11.5 Å². The van der Waals surface area contributed by atoms with Gasteiger partial charge in [-0.05, 0) is 30.3 Å². The predicted octanol–water partition coefficient (Wildman–Crippen LogP) is 3.64. The summed E-state index contributed by atoms with van der Waals surface area (Å²) in [5.74, 6) is 1.04. The number of nitrogens with zero attached hydrogens (tertiary/aromatic N) is 4. The Morgan fingerprint density at radius 3 is 2.77 bits per heavy atom. The third kappa shape index (κ3) is 5.42. The minimum Gasteiger partial charge on any atom is -0.492 e. The Morgan fingerprint density at radius 2 is 1.97 bits per heavy atom. The Balaban J connectivity index is 1.33. The van der Waals surface area contributed by atoms with Crippen molar-refractivity contribution in [3.05, 3.63) is 83.3 Å². The Kier molecular flexibility index (Phi) is 6.31. The third-order valence-electron chi connectivity index (χ3n) is 4.11. The van der Waals surface area contributed by atoms with Crippen molar-refractivity contribution < 1.29 is 14.3 Å². The number of benzene rings is 2. The number of carbonyl (C=O) groups is 1. The first-order valence-corrected chi connectivity index (χ1v) is 10.2. The zero-order valence-electron chi connectivity index (χ0n) is 16.0. The molecule has 0 bridgehead atoms. The van der Waals surface area contributed by atoms with Crippen LogP contribution in [0, 0.1) is 0 Å². The summed E-state index contributed by atoms with van der Waals surface area (Å²) in [6, 6.07) is 14.3. The number of hydrogen-bond donors (Lipinski definition) is 1. The lowest BCUT2D eigenvalue weighted by Crippen LogP contribution is -2.12. The van der Waals surface area contributed by atoms with Gasteiger partial charge in [-0.1, -0.05) is 12.1 Å². The fraction of sp³-hybridized carbons (Fsp3) is 0.143. The lowest BCUT2D eigenvalue weighted by Gasteiger charge is -2.10. The van der Waals surface area contributed by atoms with Gasteiger partial charge in [-0.25, -0.2) is 14.6 Å². The summed E-state index contributed by atoms with van der Waals surface area (Å²) in [5, 5.41) is 8.84. The molecule has 0 aliphatic rings. The van der Waals surface area contributed by atoms with Gasteiger partial charge >= 0.3 is 0 Å². The van der Waals surface area contributed by atoms with Gasteiger partial charge in [-0.3, -0.25) is 4.79 Å². The van der Waals surface area contributed by atoms with Crippen molar-refractivity contribution in [2.75, 3.05) is 11.9 Å². The average molecular weight is 421 g/mol. The molecular formula is C21H19N5O3S. The van der Waals surface area contributed by atoms with E-state index in [1.807, 2.05) is 29.6 Å². The van der Waals surface area contributed by atoms with Crippen LogP contribution >= 0.6 is 11.3 Å². The van der Waals surface area contributed by atoms with Crippen molar-refractivity contribution >= 4 is 22.9 Å². The summed E-state index contributed by atoms with van der Waals surface area (Å²) in [6.07, 6.45) is 3.12. The number of nitrogens with one attached hydrogen (secondary N) is 1. The van der Waals surface area contributed by atoms with E-state index >= 15 is 0 Å². The maximum Gasteiger partial charge on any atom is 0.255 e. The second-order valence-corrected chi connectivity index (χ2v) is 7.00. The standard InChI is InChI=1S/C21H19N5O3S/c27-21(16-3-1-5-19(9-16)29-11-18-12-30-15-23-18)25-17-4-2-6-20(10-17)28-8-7-26-14-22-13-24-26/h1-6,9-10,12-15H,7-8,11H2,(H,25,27). The zero-order chi connectivity index (χ0) is 20.6. The number of aromatic nitrogens is 4. The molecule has 152 valence electrons. The number of anilines is 1. The maximum atomic E-state index is 12.6. The van der Waals surface area contributed by atoms with Crippen molar-refractivity contribution in [3.8, 4) is 11.5 Å². The van der Waals surface area contributed by atoms with E-state index in [-0.39, 0.29) is 5.91 Å². The van der Waals surface area contributed by atoms with Gasteiger partial charge in [-0.2, -0.15) is 5.10 Å². The van der Waals surface area contributed by atoms with Crippen LogP contribution in [-0.4, -0.2) is 32.3 Å². The monoisotopic (exact) mass is 421 g/mol. The van der Waals surface area contributed by atoms with E-state index in [0.29, 0.717) is 42.5 Å². The van der Waals surface area contributed by atoms with Crippen molar-refractivity contribution in [2.24, 2.45) is 0 Å². The molecule has 8 nitrogen and oxygen atoms in total. The Hall–Kier alpha value is -3.72. The molecule has 0 saturated carbocycles. The van der Waals surface area contributed by atoms with Crippen molar-refractivity contribution in [3.63, 3.8) is 0 Å². The van der Waals surface area contributed by atoms with Crippen LogP contribution in [-0.2, 0) is 13.2 Å². The van der Waals surface area contributed by atoms with Crippen molar-refractivity contribution in [1.29, 1.82) is 0 Å². The topological polar surface area (TPSA) is 91.2 Å². The summed E-state index contributed by atoms with van der Waals surface area (Å²) in [4.78, 5) is 20.7. The first-order chi connectivity index (χ1) is 14.8. The van der Waals surface area contributed by atoms with Gasteiger partial charge in [0.05, 0.1) is 17.7 Å². The molecule has 0 saturated heterocycles. The fourth-order valence-electron chi connectivity index (χ4n) is 2.67. The Morgan fingerprint density at radius 1 is 1.10 bits per heavy atom. The number of thiazole rings is 1. The van der Waals surface area contributed by atoms with Gasteiger partial charge in [0, 0.05) is 22.7 Å². The van der Waals surface area contributed by atoms with Crippen LogP contribution in [0.2, 0.25) is 0 Å². The van der Waals surface area contributed by atoms with Gasteiger partial charge in [0.25, 0.3) is 5.91 Å². The van der Waals surface area contributed by atoms with Crippen LogP contribution in [0.1, 0.15) is 16.1 Å². The van der Waals surface area contributed by atoms with Crippen LogP contribution in [0.15, 0.2) is 72.1 Å². The molecule has 2 aromatic carbocycles. The average Bonchev–Trinajstić information content (AvgIpc) is 3.47. The highest BCUT2D eigenvalue weighted by atomic mass is 32.1. The molecule has 9 heteroatoms. The normalized spacial score (nSPS) is 10.5. The molecule has 0 spiro atoms.